The van der Waals surface area contributed by atoms with Gasteiger partial charge in [-0.25, -0.2) is 8.78 Å². The van der Waals surface area contributed by atoms with Gasteiger partial charge in [0.25, 0.3) is 0 Å². The van der Waals surface area contributed by atoms with Gasteiger partial charge in [-0.3, -0.25) is 4.68 Å². The molecule has 1 unspecified atom stereocenters. The van der Waals surface area contributed by atoms with E-state index in [0.717, 1.165) is 24.7 Å². The van der Waals surface area contributed by atoms with Gasteiger partial charge in [0.05, 0.1) is 11.7 Å². The predicted molar refractivity (Wildman–Crippen MR) is 69.7 cm³/mol. The average Bonchev–Trinajstić information content (AvgIpc) is 2.78. The van der Waals surface area contributed by atoms with Crippen molar-refractivity contribution in [2.24, 2.45) is 7.05 Å². The zero-order valence-corrected chi connectivity index (χ0v) is 11.0. The summed E-state index contributed by atoms with van der Waals surface area (Å²) in [6.07, 6.45) is 2.59. The first-order valence-corrected chi connectivity index (χ1v) is 6.29. The van der Waals surface area contributed by atoms with Gasteiger partial charge in [0.2, 0.25) is 0 Å². The molecular formula is C14H17F2N3. The van der Waals surface area contributed by atoms with Gasteiger partial charge in [0, 0.05) is 24.9 Å². The summed E-state index contributed by atoms with van der Waals surface area (Å²) >= 11 is 0. The van der Waals surface area contributed by atoms with Crippen LogP contribution in [0.5, 0.6) is 0 Å². The minimum atomic E-state index is -0.569. The molecule has 0 aliphatic carbocycles. The summed E-state index contributed by atoms with van der Waals surface area (Å²) in [5.41, 5.74) is 1.28. The highest BCUT2D eigenvalue weighted by atomic mass is 19.1. The average molecular weight is 265 g/mol. The number of hydrogen-bond donors (Lipinski definition) is 1. The molecule has 19 heavy (non-hydrogen) atoms. The van der Waals surface area contributed by atoms with E-state index in [1.165, 1.54) is 12.1 Å². The Morgan fingerprint density at radius 2 is 2.11 bits per heavy atom. The second-order valence-electron chi connectivity index (χ2n) is 4.43. The van der Waals surface area contributed by atoms with Crippen molar-refractivity contribution in [2.75, 3.05) is 6.54 Å². The van der Waals surface area contributed by atoms with Crippen molar-refractivity contribution in [3.05, 3.63) is 53.4 Å². The smallest absolute Gasteiger partial charge is 0.131 e. The third-order valence-corrected chi connectivity index (χ3v) is 3.03. The monoisotopic (exact) mass is 265 g/mol. The SMILES string of the molecule is CCCNC(c1ccc(F)cc1F)c1ccnn1C. The standard InChI is InChI=1S/C14H17F2N3/c1-3-7-17-14(13-6-8-18-19(13)2)11-5-4-10(15)9-12(11)16/h4-6,8-9,14,17H,3,7H2,1-2H3. The molecule has 0 aliphatic heterocycles. The quantitative estimate of drug-likeness (QED) is 0.901. The lowest BCUT2D eigenvalue weighted by Gasteiger charge is -2.20. The maximum Gasteiger partial charge on any atom is 0.131 e. The lowest BCUT2D eigenvalue weighted by Crippen LogP contribution is -2.26. The molecule has 0 amide bonds. The molecule has 2 aromatic rings. The molecule has 1 N–H and O–H groups in total. The second-order valence-corrected chi connectivity index (χ2v) is 4.43. The topological polar surface area (TPSA) is 29.9 Å². The van der Waals surface area contributed by atoms with Crippen molar-refractivity contribution in [1.29, 1.82) is 0 Å². The molecule has 0 radical (unpaired) electrons. The third kappa shape index (κ3) is 2.98. The summed E-state index contributed by atoms with van der Waals surface area (Å²) in [4.78, 5) is 0. The molecule has 5 heteroatoms. The first-order valence-electron chi connectivity index (χ1n) is 6.29. The molecule has 0 saturated carbocycles. The van der Waals surface area contributed by atoms with Crippen LogP contribution in [0.2, 0.25) is 0 Å². The highest BCUT2D eigenvalue weighted by Crippen LogP contribution is 2.24. The van der Waals surface area contributed by atoms with Crippen LogP contribution in [0.15, 0.2) is 30.5 Å². The molecule has 1 aromatic heterocycles. The van der Waals surface area contributed by atoms with Gasteiger partial charge >= 0.3 is 0 Å². The van der Waals surface area contributed by atoms with E-state index < -0.39 is 11.6 Å². The van der Waals surface area contributed by atoms with E-state index in [-0.39, 0.29) is 6.04 Å². The van der Waals surface area contributed by atoms with Crippen LogP contribution < -0.4 is 5.32 Å². The van der Waals surface area contributed by atoms with Gasteiger partial charge in [-0.2, -0.15) is 5.10 Å². The van der Waals surface area contributed by atoms with Gasteiger partial charge in [0.15, 0.2) is 0 Å². The Labute approximate surface area is 111 Å². The van der Waals surface area contributed by atoms with Crippen molar-refractivity contribution in [1.82, 2.24) is 15.1 Å². The van der Waals surface area contributed by atoms with Gasteiger partial charge in [-0.05, 0) is 25.1 Å². The fraction of sp³-hybridized carbons (Fsp3) is 0.357. The molecule has 0 spiro atoms. The van der Waals surface area contributed by atoms with Gasteiger partial charge in [-0.15, -0.1) is 0 Å². The maximum atomic E-state index is 13.9. The largest absolute Gasteiger partial charge is 0.305 e. The van der Waals surface area contributed by atoms with Crippen LogP contribution >= 0.6 is 0 Å². The van der Waals surface area contributed by atoms with Crippen LogP contribution in [-0.4, -0.2) is 16.3 Å². The molecule has 3 nitrogen and oxygen atoms in total. The molecular weight excluding hydrogens is 248 g/mol. The second kappa shape index (κ2) is 5.93. The van der Waals surface area contributed by atoms with Gasteiger partial charge in [-0.1, -0.05) is 13.0 Å². The fourth-order valence-corrected chi connectivity index (χ4v) is 2.07. The van der Waals surface area contributed by atoms with Crippen molar-refractivity contribution >= 4 is 0 Å². The van der Waals surface area contributed by atoms with E-state index in [4.69, 9.17) is 0 Å². The summed E-state index contributed by atoms with van der Waals surface area (Å²) in [5, 5.41) is 7.36. The predicted octanol–water partition coefficient (Wildman–Crippen LogP) is 2.79. The lowest BCUT2D eigenvalue weighted by molar-refractivity contribution is 0.512. The highest BCUT2D eigenvalue weighted by molar-refractivity contribution is 5.29. The van der Waals surface area contributed by atoms with E-state index in [1.807, 2.05) is 13.0 Å². The molecule has 2 rings (SSSR count). The van der Waals surface area contributed by atoms with Crippen molar-refractivity contribution in [3.8, 4) is 0 Å². The van der Waals surface area contributed by atoms with Gasteiger partial charge in [0.1, 0.15) is 11.6 Å². The summed E-state index contributed by atoms with van der Waals surface area (Å²) < 4.78 is 28.6. The Bertz CT molecular complexity index is 551. The number of aryl methyl sites for hydroxylation is 1. The number of benzene rings is 1. The molecule has 0 fully saturated rings. The Kier molecular flexibility index (Phi) is 4.27. The Hall–Kier alpha value is -1.75. The molecule has 0 saturated heterocycles. The van der Waals surface area contributed by atoms with E-state index in [2.05, 4.69) is 10.4 Å². The minimum Gasteiger partial charge on any atom is -0.305 e. The van der Waals surface area contributed by atoms with E-state index in [9.17, 15) is 8.78 Å². The van der Waals surface area contributed by atoms with Crippen LogP contribution in [-0.2, 0) is 7.05 Å². The number of nitrogens with one attached hydrogen (secondary N) is 1. The number of hydrogen-bond acceptors (Lipinski definition) is 2. The van der Waals surface area contributed by atoms with Crippen molar-refractivity contribution in [3.63, 3.8) is 0 Å². The molecule has 1 atom stereocenters. The molecule has 102 valence electrons. The van der Waals surface area contributed by atoms with Crippen molar-refractivity contribution in [2.45, 2.75) is 19.4 Å². The minimum absolute atomic E-state index is 0.326. The van der Waals surface area contributed by atoms with Crippen LogP contribution in [0.1, 0.15) is 30.6 Å². The van der Waals surface area contributed by atoms with Crippen LogP contribution in [0, 0.1) is 11.6 Å². The maximum absolute atomic E-state index is 13.9. The normalized spacial score (nSPS) is 12.6. The van der Waals surface area contributed by atoms with E-state index in [0.29, 0.717) is 5.56 Å². The Morgan fingerprint density at radius 3 is 2.68 bits per heavy atom. The van der Waals surface area contributed by atoms with Crippen LogP contribution in [0.3, 0.4) is 0 Å². The first kappa shape index (κ1) is 13.7. The molecule has 0 bridgehead atoms. The fourth-order valence-electron chi connectivity index (χ4n) is 2.07. The van der Waals surface area contributed by atoms with Gasteiger partial charge < -0.3 is 5.32 Å². The summed E-state index contributed by atoms with van der Waals surface area (Å²) in [6, 6.07) is 5.16. The lowest BCUT2D eigenvalue weighted by atomic mass is 10.0. The summed E-state index contributed by atoms with van der Waals surface area (Å²) in [6.45, 7) is 2.78. The van der Waals surface area contributed by atoms with E-state index in [1.54, 1.807) is 17.9 Å². The zero-order chi connectivity index (χ0) is 13.8. The highest BCUT2D eigenvalue weighted by Gasteiger charge is 2.20. The number of aromatic nitrogens is 2. The number of rotatable bonds is 5. The molecule has 1 heterocycles. The van der Waals surface area contributed by atoms with Crippen LogP contribution in [0.4, 0.5) is 8.78 Å². The van der Waals surface area contributed by atoms with Crippen LogP contribution in [0.25, 0.3) is 0 Å². The number of halogens is 2. The zero-order valence-electron chi connectivity index (χ0n) is 11.0. The van der Waals surface area contributed by atoms with E-state index >= 15 is 0 Å². The molecule has 1 aromatic carbocycles. The Morgan fingerprint density at radius 1 is 1.32 bits per heavy atom. The summed E-state index contributed by atoms with van der Waals surface area (Å²) in [5.74, 6) is -1.12. The first-order chi connectivity index (χ1) is 9.13. The summed E-state index contributed by atoms with van der Waals surface area (Å²) in [7, 11) is 1.80. The third-order valence-electron chi connectivity index (χ3n) is 3.03. The Balaban J connectivity index is 2.40. The van der Waals surface area contributed by atoms with Crippen molar-refractivity contribution < 1.29 is 8.78 Å². The number of nitrogens with zero attached hydrogens (tertiary/aromatic N) is 2. The molecule has 0 aliphatic rings.